The van der Waals surface area contributed by atoms with Gasteiger partial charge < -0.3 is 20.1 Å². The Bertz CT molecular complexity index is 627. The van der Waals surface area contributed by atoms with Gasteiger partial charge in [0.25, 0.3) is 5.91 Å². The van der Waals surface area contributed by atoms with Crippen molar-refractivity contribution < 1.29 is 29.6 Å². The van der Waals surface area contributed by atoms with Gasteiger partial charge in [0.1, 0.15) is 11.4 Å². The Balaban J connectivity index is 2.37. The number of carbonyl (C=O) groups excluding carboxylic acids is 1. The van der Waals surface area contributed by atoms with Gasteiger partial charge in [-0.1, -0.05) is 6.07 Å². The topological polar surface area (TPSA) is 120 Å². The first-order valence-corrected chi connectivity index (χ1v) is 7.14. The van der Waals surface area contributed by atoms with Crippen molar-refractivity contribution in [2.75, 3.05) is 18.1 Å². The molecule has 2 unspecified atom stereocenters. The van der Waals surface area contributed by atoms with Crippen molar-refractivity contribution in [2.45, 2.75) is 38.1 Å². The second-order valence-electron chi connectivity index (χ2n) is 6.09. The fraction of sp³-hybridized carbons (Fsp3) is 0.533. The van der Waals surface area contributed by atoms with Crippen LogP contribution in [-0.2, 0) is 19.9 Å². The summed E-state index contributed by atoms with van der Waals surface area (Å²) in [7, 11) is 0. The first-order valence-electron chi connectivity index (χ1n) is 7.14. The van der Waals surface area contributed by atoms with Crippen LogP contribution in [-0.4, -0.2) is 57.0 Å². The largest absolute Gasteiger partial charge is 0.479 e. The number of ether oxygens (including phenoxy) is 1. The number of aromatic nitrogens is 1. The minimum Gasteiger partial charge on any atom is -0.479 e. The molecule has 8 heteroatoms. The highest BCUT2D eigenvalue weighted by Crippen LogP contribution is 2.28. The number of rotatable bonds is 4. The molecule has 2 heterocycles. The zero-order valence-corrected chi connectivity index (χ0v) is 13.2. The Hall–Kier alpha value is -2.03. The maximum atomic E-state index is 12.6. The number of pyridine rings is 1. The number of aliphatic hydroxyl groups excluding tert-OH is 1. The van der Waals surface area contributed by atoms with E-state index in [9.17, 15) is 19.8 Å². The van der Waals surface area contributed by atoms with Gasteiger partial charge in [0.15, 0.2) is 11.7 Å². The maximum Gasteiger partial charge on any atom is 0.336 e. The molecule has 1 aliphatic heterocycles. The van der Waals surface area contributed by atoms with Gasteiger partial charge in [-0.2, -0.15) is 0 Å². The monoisotopic (exact) mass is 324 g/mol. The fourth-order valence-electron chi connectivity index (χ4n) is 2.34. The van der Waals surface area contributed by atoms with E-state index in [0.29, 0.717) is 5.69 Å². The normalized spacial score (nSPS) is 23.7. The third kappa shape index (κ3) is 3.19. The van der Waals surface area contributed by atoms with E-state index in [1.165, 1.54) is 11.8 Å². The van der Waals surface area contributed by atoms with Crippen LogP contribution < -0.4 is 4.90 Å². The van der Waals surface area contributed by atoms with Gasteiger partial charge in [0, 0.05) is 0 Å². The van der Waals surface area contributed by atoms with E-state index >= 15 is 0 Å². The fourth-order valence-corrected chi connectivity index (χ4v) is 2.34. The molecule has 1 fully saturated rings. The van der Waals surface area contributed by atoms with Crippen LogP contribution in [0.5, 0.6) is 0 Å². The van der Waals surface area contributed by atoms with E-state index in [0.717, 1.165) is 0 Å². The molecule has 1 aliphatic rings. The summed E-state index contributed by atoms with van der Waals surface area (Å²) >= 11 is 0. The molecule has 8 nitrogen and oxygen atoms in total. The first-order chi connectivity index (χ1) is 10.6. The van der Waals surface area contributed by atoms with Crippen molar-refractivity contribution in [2.24, 2.45) is 0 Å². The highest BCUT2D eigenvalue weighted by molar-refractivity contribution is 6.02. The number of carbonyl (C=O) groups is 2. The van der Waals surface area contributed by atoms with E-state index in [-0.39, 0.29) is 19.0 Å². The summed E-state index contributed by atoms with van der Waals surface area (Å²) in [6, 6.07) is 4.84. The number of hydrogen-bond acceptors (Lipinski definition) is 6. The summed E-state index contributed by atoms with van der Waals surface area (Å²) < 4.78 is 5.25. The zero-order chi connectivity index (χ0) is 17.4. The molecular formula is C15H20N2O6. The van der Waals surface area contributed by atoms with Gasteiger partial charge >= 0.3 is 5.97 Å². The molecule has 0 radical (unpaired) electrons. The summed E-state index contributed by atoms with van der Waals surface area (Å²) in [5, 5.41) is 28.8. The quantitative estimate of drug-likeness (QED) is 0.706. The SMILES string of the molecule is CC(C)(O)c1cccc(N2CCOC(C)(C(O)C(=O)O)C2=O)n1. The lowest BCUT2D eigenvalue weighted by Crippen LogP contribution is -2.63. The lowest BCUT2D eigenvalue weighted by Gasteiger charge is -2.40. The lowest BCUT2D eigenvalue weighted by molar-refractivity contribution is -0.181. The van der Waals surface area contributed by atoms with E-state index in [2.05, 4.69) is 4.98 Å². The van der Waals surface area contributed by atoms with Gasteiger partial charge in [-0.25, -0.2) is 9.78 Å². The number of carboxylic acids is 1. The Morgan fingerprint density at radius 2 is 2.13 bits per heavy atom. The van der Waals surface area contributed by atoms with Crippen molar-refractivity contribution in [3.05, 3.63) is 23.9 Å². The average Bonchev–Trinajstić information content (AvgIpc) is 2.48. The zero-order valence-electron chi connectivity index (χ0n) is 13.2. The van der Waals surface area contributed by atoms with Gasteiger partial charge in [-0.15, -0.1) is 0 Å². The molecule has 0 saturated carbocycles. The molecule has 1 amide bonds. The summed E-state index contributed by atoms with van der Waals surface area (Å²) in [5.74, 6) is -1.97. The molecule has 1 aromatic heterocycles. The Morgan fingerprint density at radius 3 is 2.70 bits per heavy atom. The molecule has 1 saturated heterocycles. The van der Waals surface area contributed by atoms with Crippen molar-refractivity contribution in [1.29, 1.82) is 0 Å². The third-order valence-electron chi connectivity index (χ3n) is 3.78. The minimum atomic E-state index is -1.99. The lowest BCUT2D eigenvalue weighted by atomic mass is 9.95. The second kappa shape index (κ2) is 5.88. The molecule has 0 spiro atoms. The molecule has 2 atom stereocenters. The van der Waals surface area contributed by atoms with Crippen molar-refractivity contribution in [3.8, 4) is 0 Å². The molecule has 126 valence electrons. The number of carboxylic acid groups (broad SMARTS) is 1. The first kappa shape index (κ1) is 17.3. The molecular weight excluding hydrogens is 304 g/mol. The van der Waals surface area contributed by atoms with Gasteiger partial charge in [-0.3, -0.25) is 9.69 Å². The van der Waals surface area contributed by atoms with Crippen LogP contribution in [0.15, 0.2) is 18.2 Å². The van der Waals surface area contributed by atoms with Crippen molar-refractivity contribution >= 4 is 17.7 Å². The Kier molecular flexibility index (Phi) is 4.43. The minimum absolute atomic E-state index is 0.0566. The van der Waals surface area contributed by atoms with Crippen LogP contribution in [0.25, 0.3) is 0 Å². The number of hydrogen-bond donors (Lipinski definition) is 3. The van der Waals surface area contributed by atoms with E-state index in [1.54, 1.807) is 32.0 Å². The number of anilines is 1. The highest BCUT2D eigenvalue weighted by atomic mass is 16.5. The highest BCUT2D eigenvalue weighted by Gasteiger charge is 2.51. The van der Waals surface area contributed by atoms with Crippen molar-refractivity contribution in [3.63, 3.8) is 0 Å². The molecule has 3 N–H and O–H groups in total. The summed E-state index contributed by atoms with van der Waals surface area (Å²) in [5.41, 5.74) is -2.71. The number of aliphatic hydroxyl groups is 2. The standard InChI is InChI=1S/C15H20N2O6/c1-14(2,22)9-5-4-6-10(16-9)17-7-8-23-15(3,13(17)21)11(18)12(19)20/h4-6,11,18,22H,7-8H2,1-3H3,(H,19,20). The Morgan fingerprint density at radius 1 is 1.48 bits per heavy atom. The summed E-state index contributed by atoms with van der Waals surface area (Å²) in [6.45, 7) is 4.60. The van der Waals surface area contributed by atoms with Crippen LogP contribution in [0.3, 0.4) is 0 Å². The third-order valence-corrected chi connectivity index (χ3v) is 3.78. The molecule has 2 rings (SSSR count). The van der Waals surface area contributed by atoms with Gasteiger partial charge in [0.05, 0.1) is 18.8 Å². The predicted molar refractivity (Wildman–Crippen MR) is 79.8 cm³/mol. The molecule has 0 bridgehead atoms. The van der Waals surface area contributed by atoms with Crippen LogP contribution in [0, 0.1) is 0 Å². The number of amides is 1. The van der Waals surface area contributed by atoms with E-state index in [1.807, 2.05) is 0 Å². The molecule has 0 aliphatic carbocycles. The number of nitrogens with zero attached hydrogens (tertiary/aromatic N) is 2. The molecule has 23 heavy (non-hydrogen) atoms. The average molecular weight is 324 g/mol. The van der Waals surface area contributed by atoms with Crippen LogP contribution in [0.4, 0.5) is 5.82 Å². The van der Waals surface area contributed by atoms with E-state index in [4.69, 9.17) is 9.84 Å². The smallest absolute Gasteiger partial charge is 0.336 e. The summed E-state index contributed by atoms with van der Waals surface area (Å²) in [4.78, 5) is 29.2. The number of morpholine rings is 1. The second-order valence-corrected chi connectivity index (χ2v) is 6.09. The van der Waals surface area contributed by atoms with Crippen molar-refractivity contribution in [1.82, 2.24) is 4.98 Å². The van der Waals surface area contributed by atoms with Crippen LogP contribution >= 0.6 is 0 Å². The summed E-state index contributed by atoms with van der Waals surface area (Å²) in [6.07, 6.45) is -1.99. The molecule has 1 aromatic rings. The van der Waals surface area contributed by atoms with Crippen LogP contribution in [0.2, 0.25) is 0 Å². The maximum absolute atomic E-state index is 12.6. The van der Waals surface area contributed by atoms with E-state index < -0.39 is 29.2 Å². The number of aliphatic carboxylic acids is 1. The molecule has 0 aromatic carbocycles. The van der Waals surface area contributed by atoms with Gasteiger partial charge in [0.2, 0.25) is 0 Å². The van der Waals surface area contributed by atoms with Gasteiger partial charge in [-0.05, 0) is 32.9 Å². The van der Waals surface area contributed by atoms with Crippen LogP contribution in [0.1, 0.15) is 26.5 Å². The predicted octanol–water partition coefficient (Wildman–Crippen LogP) is -0.124. The Labute approximate surface area is 133 Å².